The summed E-state index contributed by atoms with van der Waals surface area (Å²) in [5, 5.41) is 3.95. The number of hydrogen-bond acceptors (Lipinski definition) is 4. The van der Waals surface area contributed by atoms with E-state index in [0.29, 0.717) is 30.5 Å². The molecule has 7 heteroatoms. The molecule has 1 atom stereocenters. The fraction of sp³-hybridized carbons (Fsp3) is 0.381. The maximum absolute atomic E-state index is 12.0. The zero-order chi connectivity index (χ0) is 19.6. The standard InChI is InChI=1S/C21H27ClN2O3.ClH/c1-4-24(5-2)21(25)27-18-11-9-16(10-12-18)20(23-3)13-14-26-19-8-6-7-17(22)15-19;/h6-12,15,20,23H,4-5,13-14H2,1-3H3;1H. The second-order valence-electron chi connectivity index (χ2n) is 6.05. The van der Waals surface area contributed by atoms with Crippen molar-refractivity contribution in [2.45, 2.75) is 26.3 Å². The van der Waals surface area contributed by atoms with Crippen LogP contribution in [0.2, 0.25) is 5.02 Å². The van der Waals surface area contributed by atoms with Gasteiger partial charge in [0.1, 0.15) is 11.5 Å². The van der Waals surface area contributed by atoms with Gasteiger partial charge >= 0.3 is 6.09 Å². The molecule has 0 aliphatic carbocycles. The van der Waals surface area contributed by atoms with Crippen molar-refractivity contribution < 1.29 is 14.3 Å². The summed E-state index contributed by atoms with van der Waals surface area (Å²) in [5.74, 6) is 1.30. The van der Waals surface area contributed by atoms with E-state index in [0.717, 1.165) is 17.7 Å². The number of rotatable bonds is 9. The Morgan fingerprint density at radius 1 is 1.11 bits per heavy atom. The first-order chi connectivity index (χ1) is 13.1. The Labute approximate surface area is 178 Å². The third kappa shape index (κ3) is 7.23. The molecule has 2 aromatic carbocycles. The predicted octanol–water partition coefficient (Wildman–Crippen LogP) is 5.33. The molecule has 1 amide bonds. The van der Waals surface area contributed by atoms with Crippen LogP contribution in [-0.4, -0.2) is 37.7 Å². The monoisotopic (exact) mass is 426 g/mol. The Morgan fingerprint density at radius 3 is 2.36 bits per heavy atom. The maximum atomic E-state index is 12.0. The summed E-state index contributed by atoms with van der Waals surface area (Å²) in [7, 11) is 1.92. The van der Waals surface area contributed by atoms with Gasteiger partial charge in [-0.1, -0.05) is 29.8 Å². The van der Waals surface area contributed by atoms with Crippen molar-refractivity contribution in [1.29, 1.82) is 0 Å². The van der Waals surface area contributed by atoms with Crippen molar-refractivity contribution in [2.24, 2.45) is 0 Å². The number of halogens is 2. The highest BCUT2D eigenvalue weighted by molar-refractivity contribution is 6.30. The van der Waals surface area contributed by atoms with Crippen LogP contribution in [0.1, 0.15) is 31.9 Å². The van der Waals surface area contributed by atoms with Gasteiger partial charge in [0.25, 0.3) is 0 Å². The molecule has 0 radical (unpaired) electrons. The van der Waals surface area contributed by atoms with E-state index in [2.05, 4.69) is 5.32 Å². The summed E-state index contributed by atoms with van der Waals surface area (Å²) >= 11 is 5.97. The van der Waals surface area contributed by atoms with Crippen molar-refractivity contribution in [3.63, 3.8) is 0 Å². The van der Waals surface area contributed by atoms with Gasteiger partial charge in [-0.05, 0) is 56.8 Å². The highest BCUT2D eigenvalue weighted by Crippen LogP contribution is 2.22. The molecular formula is C21H28Cl2N2O3. The van der Waals surface area contributed by atoms with Crippen LogP contribution in [0.5, 0.6) is 11.5 Å². The van der Waals surface area contributed by atoms with Crippen LogP contribution in [0.4, 0.5) is 4.79 Å². The third-order valence-electron chi connectivity index (χ3n) is 4.33. The van der Waals surface area contributed by atoms with Gasteiger partial charge in [0, 0.05) is 30.6 Å². The second-order valence-corrected chi connectivity index (χ2v) is 6.48. The molecule has 154 valence electrons. The Hall–Kier alpha value is -1.95. The molecule has 0 heterocycles. The van der Waals surface area contributed by atoms with Crippen LogP contribution >= 0.6 is 24.0 Å². The smallest absolute Gasteiger partial charge is 0.415 e. The van der Waals surface area contributed by atoms with Crippen molar-refractivity contribution >= 4 is 30.1 Å². The second kappa shape index (κ2) is 12.5. The normalized spacial score (nSPS) is 11.3. The maximum Gasteiger partial charge on any atom is 0.415 e. The fourth-order valence-corrected chi connectivity index (χ4v) is 2.92. The van der Waals surface area contributed by atoms with Crippen molar-refractivity contribution in [3.05, 3.63) is 59.1 Å². The lowest BCUT2D eigenvalue weighted by atomic mass is 10.0. The number of ether oxygens (including phenoxy) is 2. The van der Waals surface area contributed by atoms with Gasteiger partial charge in [-0.2, -0.15) is 0 Å². The summed E-state index contributed by atoms with van der Waals surface area (Å²) < 4.78 is 11.2. The van der Waals surface area contributed by atoms with E-state index in [-0.39, 0.29) is 24.5 Å². The molecule has 0 fully saturated rings. The average Bonchev–Trinajstić information content (AvgIpc) is 2.67. The lowest BCUT2D eigenvalue weighted by molar-refractivity contribution is 0.157. The largest absolute Gasteiger partial charge is 0.493 e. The molecule has 0 aromatic heterocycles. The van der Waals surface area contributed by atoms with Crippen LogP contribution in [0, 0.1) is 0 Å². The Kier molecular flexibility index (Phi) is 10.8. The van der Waals surface area contributed by atoms with Crippen LogP contribution in [-0.2, 0) is 0 Å². The molecule has 2 rings (SSSR count). The molecule has 0 aliphatic heterocycles. The molecule has 0 saturated carbocycles. The molecule has 2 aromatic rings. The third-order valence-corrected chi connectivity index (χ3v) is 4.56. The summed E-state index contributed by atoms with van der Waals surface area (Å²) in [6.45, 7) is 5.67. The van der Waals surface area contributed by atoms with E-state index in [1.165, 1.54) is 0 Å². The lowest BCUT2D eigenvalue weighted by Crippen LogP contribution is -2.33. The van der Waals surface area contributed by atoms with Crippen molar-refractivity contribution in [1.82, 2.24) is 10.2 Å². The van der Waals surface area contributed by atoms with Gasteiger partial charge in [0.05, 0.1) is 6.61 Å². The molecule has 5 nitrogen and oxygen atoms in total. The van der Waals surface area contributed by atoms with E-state index in [1.54, 1.807) is 11.0 Å². The number of hydrogen-bond donors (Lipinski definition) is 1. The highest BCUT2D eigenvalue weighted by atomic mass is 35.5. The number of nitrogens with zero attached hydrogens (tertiary/aromatic N) is 1. The number of amides is 1. The minimum atomic E-state index is -0.326. The topological polar surface area (TPSA) is 50.8 Å². The molecule has 1 unspecified atom stereocenters. The predicted molar refractivity (Wildman–Crippen MR) is 116 cm³/mol. The summed E-state index contributed by atoms with van der Waals surface area (Å²) in [5.41, 5.74) is 1.11. The number of nitrogens with one attached hydrogen (secondary N) is 1. The van der Waals surface area contributed by atoms with E-state index >= 15 is 0 Å². The first-order valence-electron chi connectivity index (χ1n) is 9.19. The van der Waals surface area contributed by atoms with Crippen LogP contribution in [0.25, 0.3) is 0 Å². The van der Waals surface area contributed by atoms with Gasteiger partial charge in [0.15, 0.2) is 0 Å². The van der Waals surface area contributed by atoms with Gasteiger partial charge in [-0.3, -0.25) is 0 Å². The van der Waals surface area contributed by atoms with Gasteiger partial charge in [-0.15, -0.1) is 12.4 Å². The van der Waals surface area contributed by atoms with Gasteiger partial charge in [-0.25, -0.2) is 4.79 Å². The van der Waals surface area contributed by atoms with E-state index in [9.17, 15) is 4.79 Å². The number of carbonyl (C=O) groups is 1. The van der Waals surface area contributed by atoms with Crippen LogP contribution < -0.4 is 14.8 Å². The molecule has 0 saturated heterocycles. The zero-order valence-electron chi connectivity index (χ0n) is 16.5. The number of benzene rings is 2. The SMILES string of the molecule is CCN(CC)C(=O)Oc1ccc(C(CCOc2cccc(Cl)c2)NC)cc1.Cl. The molecule has 1 N–H and O–H groups in total. The number of carbonyl (C=O) groups excluding carboxylic acids is 1. The molecule has 0 spiro atoms. The Morgan fingerprint density at radius 2 is 1.79 bits per heavy atom. The first-order valence-corrected chi connectivity index (χ1v) is 9.57. The lowest BCUT2D eigenvalue weighted by Gasteiger charge is -2.19. The quantitative estimate of drug-likeness (QED) is 0.588. The Balaban J connectivity index is 0.00000392. The molecule has 0 bridgehead atoms. The average molecular weight is 427 g/mol. The van der Waals surface area contributed by atoms with Crippen LogP contribution in [0.3, 0.4) is 0 Å². The fourth-order valence-electron chi connectivity index (χ4n) is 2.74. The van der Waals surface area contributed by atoms with Crippen LogP contribution in [0.15, 0.2) is 48.5 Å². The van der Waals surface area contributed by atoms with Crippen molar-refractivity contribution in [2.75, 3.05) is 26.7 Å². The van der Waals surface area contributed by atoms with Gasteiger partial charge < -0.3 is 19.7 Å². The molecular weight excluding hydrogens is 399 g/mol. The summed E-state index contributed by atoms with van der Waals surface area (Å²) in [4.78, 5) is 13.7. The van der Waals surface area contributed by atoms with E-state index in [4.69, 9.17) is 21.1 Å². The highest BCUT2D eigenvalue weighted by Gasteiger charge is 2.13. The zero-order valence-corrected chi connectivity index (χ0v) is 18.1. The first kappa shape index (κ1) is 24.1. The Bertz CT molecular complexity index is 722. The summed E-state index contributed by atoms with van der Waals surface area (Å²) in [6, 6.07) is 15.1. The van der Waals surface area contributed by atoms with Crippen molar-refractivity contribution in [3.8, 4) is 11.5 Å². The van der Waals surface area contributed by atoms with E-state index < -0.39 is 0 Å². The van der Waals surface area contributed by atoms with E-state index in [1.807, 2.05) is 63.4 Å². The minimum absolute atomic E-state index is 0. The molecule has 0 aliphatic rings. The minimum Gasteiger partial charge on any atom is -0.493 e. The van der Waals surface area contributed by atoms with Gasteiger partial charge in [0.2, 0.25) is 0 Å². The summed E-state index contributed by atoms with van der Waals surface area (Å²) in [6.07, 6.45) is 0.467. The molecule has 28 heavy (non-hydrogen) atoms.